The summed E-state index contributed by atoms with van der Waals surface area (Å²) in [4.78, 5) is 2.66. The molecule has 1 heterocycles. The van der Waals surface area contributed by atoms with Crippen LogP contribution < -0.4 is 0 Å². The van der Waals surface area contributed by atoms with Crippen molar-refractivity contribution in [3.63, 3.8) is 0 Å². The smallest absolute Gasteiger partial charge is 0.0125 e. The number of rotatable bonds is 0. The minimum atomic E-state index is 0.369. The second kappa shape index (κ2) is 5.16. The van der Waals surface area contributed by atoms with Crippen LogP contribution in [-0.2, 0) is 0 Å². The first kappa shape index (κ1) is 12.0. The number of hydrogen-bond acceptors (Lipinski definition) is 1. The van der Waals surface area contributed by atoms with Gasteiger partial charge in [0.15, 0.2) is 0 Å². The summed E-state index contributed by atoms with van der Waals surface area (Å²) in [6.45, 7) is 12.0. The van der Waals surface area contributed by atoms with Crippen molar-refractivity contribution < 1.29 is 0 Å². The van der Waals surface area contributed by atoms with E-state index in [1.165, 1.54) is 45.2 Å². The van der Waals surface area contributed by atoms with E-state index in [4.69, 9.17) is 0 Å². The van der Waals surface area contributed by atoms with Gasteiger partial charge in [0, 0.05) is 5.54 Å². The molecule has 0 saturated carbocycles. The van der Waals surface area contributed by atoms with Crippen LogP contribution in [0.1, 0.15) is 59.8 Å². The van der Waals surface area contributed by atoms with Crippen LogP contribution in [0.3, 0.4) is 0 Å². The van der Waals surface area contributed by atoms with Gasteiger partial charge in [-0.05, 0) is 59.0 Å². The number of hydrogen-bond donors (Lipinski definition) is 0. The Bertz CT molecular complexity index is 157. The lowest BCUT2D eigenvalue weighted by molar-refractivity contribution is 0.133. The van der Waals surface area contributed by atoms with Crippen LogP contribution in [0, 0.1) is 5.92 Å². The fourth-order valence-electron chi connectivity index (χ4n) is 2.35. The first-order valence-corrected chi connectivity index (χ1v) is 6.25. The predicted molar refractivity (Wildman–Crippen MR) is 63.6 cm³/mol. The normalized spacial score (nSPS) is 27.9. The molecule has 84 valence electrons. The Morgan fingerprint density at radius 1 is 0.929 bits per heavy atom. The van der Waals surface area contributed by atoms with Crippen LogP contribution in [0.4, 0.5) is 0 Å². The molecule has 1 nitrogen and oxygen atoms in total. The predicted octanol–water partition coefficient (Wildman–Crippen LogP) is 3.69. The standard InChI is InChI=1S/C13H27N/c1-12-8-5-6-10-14(11-7-9-12)13(2,3)4/h12H,5-11H2,1-4H3. The third kappa shape index (κ3) is 4.00. The molecule has 0 N–H and O–H groups in total. The molecule has 0 bridgehead atoms. The molecule has 1 rings (SSSR count). The van der Waals surface area contributed by atoms with Crippen LogP contribution >= 0.6 is 0 Å². The molecule has 1 aliphatic rings. The Morgan fingerprint density at radius 2 is 1.50 bits per heavy atom. The second-order valence-electron chi connectivity index (χ2n) is 5.90. The van der Waals surface area contributed by atoms with Gasteiger partial charge in [-0.3, -0.25) is 4.90 Å². The topological polar surface area (TPSA) is 3.24 Å². The van der Waals surface area contributed by atoms with E-state index in [1.54, 1.807) is 0 Å². The van der Waals surface area contributed by atoms with Crippen molar-refractivity contribution in [2.24, 2.45) is 5.92 Å². The van der Waals surface area contributed by atoms with E-state index in [-0.39, 0.29) is 0 Å². The Labute approximate surface area is 89.9 Å². The van der Waals surface area contributed by atoms with Crippen LogP contribution in [0.25, 0.3) is 0 Å². The molecule has 1 saturated heterocycles. The molecule has 1 atom stereocenters. The van der Waals surface area contributed by atoms with Crippen LogP contribution in [0.2, 0.25) is 0 Å². The monoisotopic (exact) mass is 197 g/mol. The SMILES string of the molecule is CC1CCCCN(C(C)(C)C)CCC1. The fourth-order valence-corrected chi connectivity index (χ4v) is 2.35. The highest BCUT2D eigenvalue weighted by Crippen LogP contribution is 2.21. The molecule has 0 amide bonds. The van der Waals surface area contributed by atoms with Crippen molar-refractivity contribution >= 4 is 0 Å². The molecule has 1 heteroatoms. The molecular formula is C13H27N. The van der Waals surface area contributed by atoms with Crippen molar-refractivity contribution in [2.45, 2.75) is 65.3 Å². The van der Waals surface area contributed by atoms with Gasteiger partial charge < -0.3 is 0 Å². The maximum Gasteiger partial charge on any atom is 0.0125 e. The largest absolute Gasteiger partial charge is 0.298 e. The van der Waals surface area contributed by atoms with E-state index < -0.39 is 0 Å². The molecule has 0 radical (unpaired) electrons. The van der Waals surface area contributed by atoms with Crippen molar-refractivity contribution in [1.82, 2.24) is 4.90 Å². The average Bonchev–Trinajstić information content (AvgIpc) is 2.15. The lowest BCUT2D eigenvalue weighted by Crippen LogP contribution is -2.42. The lowest BCUT2D eigenvalue weighted by Gasteiger charge is -2.35. The molecule has 0 aromatic carbocycles. The summed E-state index contributed by atoms with van der Waals surface area (Å²) < 4.78 is 0. The third-order valence-corrected chi connectivity index (χ3v) is 3.45. The highest BCUT2D eigenvalue weighted by atomic mass is 15.2. The van der Waals surface area contributed by atoms with Gasteiger partial charge in [-0.2, -0.15) is 0 Å². The van der Waals surface area contributed by atoms with E-state index in [1.807, 2.05) is 0 Å². The first-order chi connectivity index (χ1) is 6.50. The second-order valence-corrected chi connectivity index (χ2v) is 5.90. The quantitative estimate of drug-likeness (QED) is 0.572. The molecular weight excluding hydrogens is 170 g/mol. The molecule has 0 spiro atoms. The van der Waals surface area contributed by atoms with Crippen molar-refractivity contribution in [3.05, 3.63) is 0 Å². The van der Waals surface area contributed by atoms with Crippen molar-refractivity contribution in [2.75, 3.05) is 13.1 Å². The molecule has 0 aromatic rings. The van der Waals surface area contributed by atoms with E-state index in [9.17, 15) is 0 Å². The Morgan fingerprint density at radius 3 is 2.14 bits per heavy atom. The average molecular weight is 197 g/mol. The summed E-state index contributed by atoms with van der Waals surface area (Å²) in [5.74, 6) is 0.954. The number of nitrogens with zero attached hydrogens (tertiary/aromatic N) is 1. The Kier molecular flexibility index (Phi) is 4.43. The van der Waals surface area contributed by atoms with Gasteiger partial charge in [0.25, 0.3) is 0 Å². The van der Waals surface area contributed by atoms with Gasteiger partial charge in [0.1, 0.15) is 0 Å². The van der Waals surface area contributed by atoms with Gasteiger partial charge in [-0.1, -0.05) is 19.8 Å². The zero-order valence-corrected chi connectivity index (χ0v) is 10.5. The maximum absolute atomic E-state index is 2.66. The summed E-state index contributed by atoms with van der Waals surface area (Å²) in [5.41, 5.74) is 0.369. The van der Waals surface area contributed by atoms with Crippen LogP contribution in [0.5, 0.6) is 0 Å². The van der Waals surface area contributed by atoms with Gasteiger partial charge in [0.2, 0.25) is 0 Å². The zero-order chi connectivity index (χ0) is 10.6. The van der Waals surface area contributed by atoms with Gasteiger partial charge in [-0.15, -0.1) is 0 Å². The molecule has 14 heavy (non-hydrogen) atoms. The highest BCUT2D eigenvalue weighted by molar-refractivity contribution is 4.77. The maximum atomic E-state index is 2.66. The fraction of sp³-hybridized carbons (Fsp3) is 1.00. The minimum absolute atomic E-state index is 0.369. The zero-order valence-electron chi connectivity index (χ0n) is 10.5. The summed E-state index contributed by atoms with van der Waals surface area (Å²) in [7, 11) is 0. The lowest BCUT2D eigenvalue weighted by atomic mass is 10.00. The van der Waals surface area contributed by atoms with E-state index in [0.717, 1.165) is 5.92 Å². The molecule has 1 unspecified atom stereocenters. The molecule has 0 aliphatic carbocycles. The third-order valence-electron chi connectivity index (χ3n) is 3.45. The van der Waals surface area contributed by atoms with Gasteiger partial charge >= 0.3 is 0 Å². The van der Waals surface area contributed by atoms with E-state index in [2.05, 4.69) is 32.6 Å². The van der Waals surface area contributed by atoms with Crippen molar-refractivity contribution in [3.8, 4) is 0 Å². The first-order valence-electron chi connectivity index (χ1n) is 6.25. The van der Waals surface area contributed by atoms with Crippen molar-refractivity contribution in [1.29, 1.82) is 0 Å². The summed E-state index contributed by atoms with van der Waals surface area (Å²) in [6, 6.07) is 0. The van der Waals surface area contributed by atoms with E-state index >= 15 is 0 Å². The van der Waals surface area contributed by atoms with Crippen LogP contribution in [-0.4, -0.2) is 23.5 Å². The van der Waals surface area contributed by atoms with E-state index in [0.29, 0.717) is 5.54 Å². The summed E-state index contributed by atoms with van der Waals surface area (Å²) in [5, 5.41) is 0. The highest BCUT2D eigenvalue weighted by Gasteiger charge is 2.21. The van der Waals surface area contributed by atoms with Gasteiger partial charge in [-0.25, -0.2) is 0 Å². The van der Waals surface area contributed by atoms with Gasteiger partial charge in [0.05, 0.1) is 0 Å². The minimum Gasteiger partial charge on any atom is -0.298 e. The van der Waals surface area contributed by atoms with Crippen LogP contribution in [0.15, 0.2) is 0 Å². The summed E-state index contributed by atoms with van der Waals surface area (Å²) in [6.07, 6.45) is 7.07. The molecule has 0 aromatic heterocycles. The Hall–Kier alpha value is -0.0400. The Balaban J connectivity index is 2.45. The molecule has 1 aliphatic heterocycles. The summed E-state index contributed by atoms with van der Waals surface area (Å²) >= 11 is 0. The molecule has 1 fully saturated rings.